The zero-order chi connectivity index (χ0) is 48.8. The van der Waals surface area contributed by atoms with Crippen molar-refractivity contribution in [2.24, 2.45) is 23.7 Å². The van der Waals surface area contributed by atoms with Crippen LogP contribution in [-0.4, -0.2) is 194 Å². The van der Waals surface area contributed by atoms with Gasteiger partial charge in [-0.1, -0.05) is 43.7 Å². The van der Waals surface area contributed by atoms with Gasteiger partial charge in [-0.2, -0.15) is 0 Å². The van der Waals surface area contributed by atoms with Crippen LogP contribution < -0.4 is 0 Å². The van der Waals surface area contributed by atoms with E-state index in [2.05, 4.69) is 10.3 Å². The van der Waals surface area contributed by atoms with Crippen LogP contribution >= 0.6 is 0 Å². The van der Waals surface area contributed by atoms with Gasteiger partial charge in [-0.15, -0.1) is 5.10 Å². The number of carbonyl (C=O) groups excluding carboxylic acids is 2. The lowest BCUT2D eigenvalue weighted by Crippen LogP contribution is -2.64. The van der Waals surface area contributed by atoms with Gasteiger partial charge in [0.25, 0.3) is 7.98 Å². The minimum absolute atomic E-state index is 0.00976. The summed E-state index contributed by atoms with van der Waals surface area (Å²) in [6.07, 6.45) is -4.27. The minimum atomic E-state index is -1.36. The van der Waals surface area contributed by atoms with Gasteiger partial charge in [-0.3, -0.25) is 14.5 Å². The van der Waals surface area contributed by atoms with Crippen molar-refractivity contribution in [3.63, 3.8) is 0 Å². The number of aliphatic hydroxyl groups excluding tert-OH is 4. The van der Waals surface area contributed by atoms with Crippen molar-refractivity contribution in [2.75, 3.05) is 47.6 Å². The summed E-state index contributed by atoms with van der Waals surface area (Å²) in [5.41, 5.74) is 1.46. The second-order valence-corrected chi connectivity index (χ2v) is 18.2. The molecule has 376 valence electrons. The number of ketones is 1. The first-order chi connectivity index (χ1) is 31.4. The first kappa shape index (κ1) is 55.9. The molecule has 66 heavy (non-hydrogen) atoms. The molecular weight excluding hydrogens is 859 g/mol. The number of likely N-dealkylation sites (N-methyl/N-ethyl adjacent to an activating group) is 1. The van der Waals surface area contributed by atoms with Gasteiger partial charge in [0.05, 0.1) is 55.3 Å². The standard InChI is InChI=1S/C46H79BN4O15/c1-12-35-31(24-62-46-44(59-11)43(58-10)40(56)29(8)64-46)19-25(4)15-16-33(52)26(5)20-30(21-37(60-13-2)61-14-3)42(27(6)34(53)22-36(54)65-35)66-45-41(57)38(39(55)28(7)63-45)50(9)18-17-32-23-51(47)49-48-32/h15-16,19,23,26-31,34-35,37-46,53,55-57H,12-14,17-18,20-22,24,47H2,1-11H3/b16-15+,25-19+/t26-,27+,28?,29?,30-,31-,34-,35-,38?,39?,40?,41?,42-,43?,44?,45?,46?/m1/s1. The Morgan fingerprint density at radius 2 is 1.56 bits per heavy atom. The molecule has 3 aliphatic rings. The predicted octanol–water partition coefficient (Wildman–Crippen LogP) is 1.36. The SMILES string of the molecule is Bn1cc(CCN(C)C2C(O)C(C)OC(O[C@H]3[C@@H](CC(OCC)OCC)C[C@@H](C)C(=O)/C=C/C(C)=C/[C@H](COC4OC(C)C(O)C(OC)C4OC)[C@@H](CC)OC(=O)C[C@@H](O)[C@@H]3C)C2O)nn1. The molecule has 20 heteroatoms. The average Bonchev–Trinajstić information content (AvgIpc) is 3.70. The van der Waals surface area contributed by atoms with Gasteiger partial charge in [0, 0.05) is 70.8 Å². The lowest BCUT2D eigenvalue weighted by molar-refractivity contribution is -0.307. The fourth-order valence-corrected chi connectivity index (χ4v) is 9.30. The third kappa shape index (κ3) is 15.2. The molecule has 10 unspecified atom stereocenters. The summed E-state index contributed by atoms with van der Waals surface area (Å²) >= 11 is 0. The van der Waals surface area contributed by atoms with Crippen molar-refractivity contribution < 1.29 is 72.6 Å². The minimum Gasteiger partial charge on any atom is -0.462 e. The topological polar surface area (TPSA) is 232 Å². The zero-order valence-corrected chi connectivity index (χ0v) is 41.1. The number of aromatic nitrogens is 3. The fraction of sp³-hybridized carbons (Fsp3) is 0.826. The van der Waals surface area contributed by atoms with Gasteiger partial charge in [0.2, 0.25) is 0 Å². The van der Waals surface area contributed by atoms with Crippen molar-refractivity contribution in [2.45, 2.75) is 173 Å². The fourth-order valence-electron chi connectivity index (χ4n) is 9.30. The Balaban J connectivity index is 1.69. The molecule has 4 rings (SSSR count). The molecule has 1 aromatic rings. The number of hydrogen-bond donors (Lipinski definition) is 4. The number of rotatable bonds is 18. The first-order valence-electron chi connectivity index (χ1n) is 23.6. The average molecular weight is 939 g/mol. The van der Waals surface area contributed by atoms with Gasteiger partial charge in [-0.25, -0.2) is 0 Å². The highest BCUT2D eigenvalue weighted by atomic mass is 16.7. The molecule has 3 aliphatic heterocycles. The molecule has 0 amide bonds. The van der Waals surface area contributed by atoms with Crippen LogP contribution in [0.25, 0.3) is 0 Å². The van der Waals surface area contributed by atoms with E-state index in [4.69, 9.17) is 42.6 Å². The van der Waals surface area contributed by atoms with Crippen LogP contribution in [0.2, 0.25) is 0 Å². The highest BCUT2D eigenvalue weighted by molar-refractivity contribution is 6.05. The molecule has 0 aliphatic carbocycles. The number of cyclic esters (lactones) is 1. The monoisotopic (exact) mass is 939 g/mol. The number of allylic oxidation sites excluding steroid dienone is 3. The Bertz CT molecular complexity index is 1680. The van der Waals surface area contributed by atoms with E-state index in [0.717, 1.165) is 5.69 Å². The number of esters is 1. The van der Waals surface area contributed by atoms with Crippen LogP contribution in [-0.2, 0) is 58.6 Å². The molecule has 2 saturated heterocycles. The van der Waals surface area contributed by atoms with Crippen LogP contribution in [0.3, 0.4) is 0 Å². The Hall–Kier alpha value is -2.70. The largest absolute Gasteiger partial charge is 0.462 e. The lowest BCUT2D eigenvalue weighted by Gasteiger charge is -2.47. The maximum atomic E-state index is 14.0. The molecule has 2 fully saturated rings. The maximum absolute atomic E-state index is 14.0. The van der Waals surface area contributed by atoms with Crippen molar-refractivity contribution in [1.29, 1.82) is 0 Å². The number of nitrogens with zero attached hydrogens (tertiary/aromatic N) is 4. The van der Waals surface area contributed by atoms with Crippen molar-refractivity contribution in [3.05, 3.63) is 35.7 Å². The van der Waals surface area contributed by atoms with E-state index in [-0.39, 0.29) is 25.2 Å². The molecule has 0 spiro atoms. The smallest absolute Gasteiger partial charge is 0.308 e. The molecule has 19 nitrogen and oxygen atoms in total. The second-order valence-electron chi connectivity index (χ2n) is 18.2. The van der Waals surface area contributed by atoms with E-state index in [9.17, 15) is 30.0 Å². The summed E-state index contributed by atoms with van der Waals surface area (Å²) in [5.74, 6) is -3.25. The summed E-state index contributed by atoms with van der Waals surface area (Å²) in [5, 5.41) is 54.3. The summed E-state index contributed by atoms with van der Waals surface area (Å²) in [7, 11) is 6.53. The summed E-state index contributed by atoms with van der Waals surface area (Å²) < 4.78 is 56.3. The molecule has 1 aromatic heterocycles. The quantitative estimate of drug-likeness (QED) is 0.0925. The van der Waals surface area contributed by atoms with Crippen LogP contribution in [0.4, 0.5) is 0 Å². The highest BCUT2D eigenvalue weighted by Gasteiger charge is 2.49. The number of carbonyl (C=O) groups is 2. The van der Waals surface area contributed by atoms with E-state index in [1.807, 2.05) is 45.6 Å². The molecule has 0 radical (unpaired) electrons. The molecule has 0 saturated carbocycles. The highest BCUT2D eigenvalue weighted by Crippen LogP contribution is 2.36. The molecule has 0 bridgehead atoms. The Morgan fingerprint density at radius 3 is 2.17 bits per heavy atom. The van der Waals surface area contributed by atoms with Crippen molar-refractivity contribution in [3.8, 4) is 0 Å². The van der Waals surface area contributed by atoms with E-state index >= 15 is 0 Å². The third-order valence-corrected chi connectivity index (χ3v) is 13.2. The number of aliphatic hydroxyl groups is 4. The molecular formula is C46H79BN4O15. The van der Waals surface area contributed by atoms with E-state index in [0.29, 0.717) is 38.2 Å². The number of methoxy groups -OCH3 is 2. The molecule has 17 atom stereocenters. The van der Waals surface area contributed by atoms with Crippen LogP contribution in [0, 0.1) is 23.7 Å². The van der Waals surface area contributed by atoms with Crippen LogP contribution in [0.5, 0.6) is 0 Å². The van der Waals surface area contributed by atoms with Crippen LogP contribution in [0.1, 0.15) is 86.8 Å². The normalized spacial score (nSPS) is 38.0. The predicted molar refractivity (Wildman–Crippen MR) is 243 cm³/mol. The number of hydrogen-bond acceptors (Lipinski definition) is 18. The first-order valence-corrected chi connectivity index (χ1v) is 23.6. The second kappa shape index (κ2) is 26.9. The summed E-state index contributed by atoms with van der Waals surface area (Å²) in [6, 6.07) is -0.818. The Labute approximate surface area is 391 Å². The summed E-state index contributed by atoms with van der Waals surface area (Å²) in [4.78, 5) is 29.8. The van der Waals surface area contributed by atoms with Gasteiger partial charge in [0.1, 0.15) is 30.5 Å². The lowest BCUT2D eigenvalue weighted by atomic mass is 9.79. The van der Waals surface area contributed by atoms with Crippen LogP contribution in [0.15, 0.2) is 30.0 Å². The maximum Gasteiger partial charge on any atom is 0.308 e. The van der Waals surface area contributed by atoms with E-state index < -0.39 is 122 Å². The van der Waals surface area contributed by atoms with Gasteiger partial charge in [-0.05, 0) is 66.5 Å². The van der Waals surface area contributed by atoms with Gasteiger partial charge in [0.15, 0.2) is 24.7 Å². The molecule has 4 heterocycles. The van der Waals surface area contributed by atoms with Crippen molar-refractivity contribution >= 4 is 19.7 Å². The van der Waals surface area contributed by atoms with E-state index in [1.54, 1.807) is 52.7 Å². The Morgan fingerprint density at radius 1 is 0.909 bits per heavy atom. The zero-order valence-electron chi connectivity index (χ0n) is 41.1. The Kier molecular flexibility index (Phi) is 22.8. The summed E-state index contributed by atoms with van der Waals surface area (Å²) in [6.45, 7) is 15.5. The van der Waals surface area contributed by atoms with Gasteiger partial charge < -0.3 is 67.7 Å². The number of ether oxygens (including phenoxy) is 9. The third-order valence-electron chi connectivity index (χ3n) is 13.2. The molecule has 4 N–H and O–H groups in total. The van der Waals surface area contributed by atoms with Gasteiger partial charge >= 0.3 is 5.97 Å². The molecule has 0 aromatic carbocycles. The van der Waals surface area contributed by atoms with Crippen molar-refractivity contribution in [1.82, 2.24) is 19.8 Å². The van der Waals surface area contributed by atoms with E-state index in [1.165, 1.54) is 20.3 Å².